The normalized spacial score (nSPS) is 14.8. The zero-order valence-electron chi connectivity index (χ0n) is 10.3. The number of hydrogen-bond acceptors (Lipinski definition) is 2. The second-order valence-electron chi connectivity index (χ2n) is 4.26. The molecule has 1 aromatic rings. The van der Waals surface area contributed by atoms with Crippen molar-refractivity contribution in [2.45, 2.75) is 19.8 Å². The molecule has 3 nitrogen and oxygen atoms in total. The SMILES string of the molecule is Cc1cccc(N(C)C(=O)C2=CCCCO2)c1. The molecule has 0 atom stereocenters. The van der Waals surface area contributed by atoms with E-state index in [4.69, 9.17) is 4.74 Å². The van der Waals surface area contributed by atoms with Gasteiger partial charge in [-0.1, -0.05) is 12.1 Å². The zero-order valence-corrected chi connectivity index (χ0v) is 10.3. The van der Waals surface area contributed by atoms with Crippen LogP contribution < -0.4 is 4.90 Å². The maximum atomic E-state index is 12.1. The van der Waals surface area contributed by atoms with E-state index in [-0.39, 0.29) is 5.91 Å². The van der Waals surface area contributed by atoms with Crippen LogP contribution in [0.2, 0.25) is 0 Å². The Morgan fingerprint density at radius 2 is 2.24 bits per heavy atom. The smallest absolute Gasteiger partial charge is 0.292 e. The molecule has 1 aromatic carbocycles. The lowest BCUT2D eigenvalue weighted by Gasteiger charge is -2.21. The van der Waals surface area contributed by atoms with E-state index in [2.05, 4.69) is 0 Å². The fourth-order valence-electron chi connectivity index (χ4n) is 1.83. The lowest BCUT2D eigenvalue weighted by atomic mass is 10.2. The largest absolute Gasteiger partial charge is 0.488 e. The van der Waals surface area contributed by atoms with Gasteiger partial charge in [-0.15, -0.1) is 0 Å². The standard InChI is InChI=1S/C14H17NO2/c1-11-6-5-7-12(10-11)15(2)14(16)13-8-3-4-9-17-13/h5-8,10H,3-4,9H2,1-2H3. The summed E-state index contributed by atoms with van der Waals surface area (Å²) in [5, 5.41) is 0. The molecule has 0 aromatic heterocycles. The van der Waals surface area contributed by atoms with Crippen LogP contribution in [0, 0.1) is 6.92 Å². The van der Waals surface area contributed by atoms with Gasteiger partial charge in [-0.05, 0) is 43.5 Å². The van der Waals surface area contributed by atoms with Crippen molar-refractivity contribution in [1.82, 2.24) is 0 Å². The number of benzene rings is 1. The molecule has 0 unspecified atom stereocenters. The van der Waals surface area contributed by atoms with Gasteiger partial charge in [0.15, 0.2) is 5.76 Å². The minimum absolute atomic E-state index is 0.0738. The summed E-state index contributed by atoms with van der Waals surface area (Å²) in [6.07, 6.45) is 3.78. The Morgan fingerprint density at radius 1 is 1.41 bits per heavy atom. The maximum Gasteiger partial charge on any atom is 0.292 e. The van der Waals surface area contributed by atoms with Gasteiger partial charge in [0.05, 0.1) is 6.61 Å². The van der Waals surface area contributed by atoms with Crippen LogP contribution in [-0.4, -0.2) is 19.6 Å². The molecule has 1 aliphatic heterocycles. The average molecular weight is 231 g/mol. The van der Waals surface area contributed by atoms with Crippen molar-refractivity contribution < 1.29 is 9.53 Å². The summed E-state index contributed by atoms with van der Waals surface area (Å²) in [4.78, 5) is 13.8. The Labute approximate surface area is 102 Å². The van der Waals surface area contributed by atoms with E-state index in [0.717, 1.165) is 24.1 Å². The lowest BCUT2D eigenvalue weighted by Crippen LogP contribution is -2.29. The van der Waals surface area contributed by atoms with E-state index >= 15 is 0 Å². The van der Waals surface area contributed by atoms with Crippen LogP contribution in [0.15, 0.2) is 36.1 Å². The van der Waals surface area contributed by atoms with Crippen LogP contribution in [0.4, 0.5) is 5.69 Å². The first-order valence-corrected chi connectivity index (χ1v) is 5.86. The number of likely N-dealkylation sites (N-methyl/N-ethyl adjacent to an activating group) is 1. The monoisotopic (exact) mass is 231 g/mol. The molecule has 0 N–H and O–H groups in total. The van der Waals surface area contributed by atoms with Crippen LogP contribution in [0.1, 0.15) is 18.4 Å². The molecule has 0 aliphatic carbocycles. The van der Waals surface area contributed by atoms with Crippen molar-refractivity contribution in [3.63, 3.8) is 0 Å². The molecule has 1 amide bonds. The van der Waals surface area contributed by atoms with E-state index < -0.39 is 0 Å². The highest BCUT2D eigenvalue weighted by atomic mass is 16.5. The van der Waals surface area contributed by atoms with Gasteiger partial charge in [0.2, 0.25) is 0 Å². The van der Waals surface area contributed by atoms with Crippen molar-refractivity contribution in [2.24, 2.45) is 0 Å². The summed E-state index contributed by atoms with van der Waals surface area (Å²) in [6, 6.07) is 7.87. The summed E-state index contributed by atoms with van der Waals surface area (Å²) in [6.45, 7) is 2.65. The van der Waals surface area contributed by atoms with Gasteiger partial charge in [-0.3, -0.25) is 4.79 Å². The molecule has 0 saturated carbocycles. The number of ether oxygens (including phenoxy) is 1. The number of amides is 1. The summed E-state index contributed by atoms with van der Waals surface area (Å²) >= 11 is 0. The van der Waals surface area contributed by atoms with Gasteiger partial charge in [0, 0.05) is 12.7 Å². The van der Waals surface area contributed by atoms with E-state index in [1.54, 1.807) is 11.9 Å². The van der Waals surface area contributed by atoms with E-state index in [1.807, 2.05) is 37.3 Å². The number of carbonyl (C=O) groups excluding carboxylic acids is 1. The average Bonchev–Trinajstić information content (AvgIpc) is 2.38. The molecule has 2 rings (SSSR count). The van der Waals surface area contributed by atoms with Crippen LogP contribution in [-0.2, 0) is 9.53 Å². The van der Waals surface area contributed by atoms with Crippen LogP contribution in [0.3, 0.4) is 0 Å². The molecule has 1 heterocycles. The van der Waals surface area contributed by atoms with Crippen molar-refractivity contribution in [3.8, 4) is 0 Å². The van der Waals surface area contributed by atoms with Crippen molar-refractivity contribution in [3.05, 3.63) is 41.7 Å². The Balaban J connectivity index is 2.17. The van der Waals surface area contributed by atoms with E-state index in [0.29, 0.717) is 12.4 Å². The minimum Gasteiger partial charge on any atom is -0.488 e. The first-order valence-electron chi connectivity index (χ1n) is 5.86. The van der Waals surface area contributed by atoms with Crippen LogP contribution in [0.5, 0.6) is 0 Å². The quantitative estimate of drug-likeness (QED) is 0.783. The molecular weight excluding hydrogens is 214 g/mol. The van der Waals surface area contributed by atoms with E-state index in [9.17, 15) is 4.79 Å². The number of aryl methyl sites for hydroxylation is 1. The van der Waals surface area contributed by atoms with Gasteiger partial charge in [-0.2, -0.15) is 0 Å². The Bertz CT molecular complexity index is 451. The summed E-state index contributed by atoms with van der Waals surface area (Å²) in [7, 11) is 1.77. The molecule has 0 radical (unpaired) electrons. The van der Waals surface area contributed by atoms with Gasteiger partial charge >= 0.3 is 0 Å². The minimum atomic E-state index is -0.0738. The van der Waals surface area contributed by atoms with Crippen LogP contribution >= 0.6 is 0 Å². The first-order chi connectivity index (χ1) is 8.18. The second kappa shape index (κ2) is 5.04. The highest BCUT2D eigenvalue weighted by Gasteiger charge is 2.19. The highest BCUT2D eigenvalue weighted by molar-refractivity contribution is 6.03. The maximum absolute atomic E-state index is 12.1. The van der Waals surface area contributed by atoms with E-state index in [1.165, 1.54) is 0 Å². The van der Waals surface area contributed by atoms with Gasteiger partial charge in [-0.25, -0.2) is 0 Å². The molecule has 3 heteroatoms. The zero-order chi connectivity index (χ0) is 12.3. The van der Waals surface area contributed by atoms with Gasteiger partial charge in [0.1, 0.15) is 0 Å². The van der Waals surface area contributed by atoms with Gasteiger partial charge in [0.25, 0.3) is 5.91 Å². The molecular formula is C14H17NO2. The van der Waals surface area contributed by atoms with Crippen LogP contribution in [0.25, 0.3) is 0 Å². The Kier molecular flexibility index (Phi) is 3.47. The second-order valence-corrected chi connectivity index (χ2v) is 4.26. The third-order valence-electron chi connectivity index (χ3n) is 2.84. The number of anilines is 1. The van der Waals surface area contributed by atoms with Crippen molar-refractivity contribution >= 4 is 11.6 Å². The summed E-state index contributed by atoms with van der Waals surface area (Å²) in [5.74, 6) is 0.399. The third kappa shape index (κ3) is 2.67. The Hall–Kier alpha value is -1.77. The molecule has 90 valence electrons. The summed E-state index contributed by atoms with van der Waals surface area (Å²) in [5.41, 5.74) is 2.03. The molecule has 0 bridgehead atoms. The molecule has 0 spiro atoms. The number of hydrogen-bond donors (Lipinski definition) is 0. The highest BCUT2D eigenvalue weighted by Crippen LogP contribution is 2.19. The number of carbonyl (C=O) groups is 1. The molecule has 17 heavy (non-hydrogen) atoms. The number of rotatable bonds is 2. The van der Waals surface area contributed by atoms with Gasteiger partial charge < -0.3 is 9.64 Å². The fraction of sp³-hybridized carbons (Fsp3) is 0.357. The fourth-order valence-corrected chi connectivity index (χ4v) is 1.83. The van der Waals surface area contributed by atoms with Crippen molar-refractivity contribution in [1.29, 1.82) is 0 Å². The first kappa shape index (κ1) is 11.7. The molecule has 0 saturated heterocycles. The number of nitrogens with zero attached hydrogens (tertiary/aromatic N) is 1. The Morgan fingerprint density at radius 3 is 2.88 bits per heavy atom. The molecule has 1 aliphatic rings. The predicted molar refractivity (Wildman–Crippen MR) is 67.9 cm³/mol. The number of allylic oxidation sites excluding steroid dienone is 1. The van der Waals surface area contributed by atoms with Crippen molar-refractivity contribution in [2.75, 3.05) is 18.6 Å². The lowest BCUT2D eigenvalue weighted by molar-refractivity contribution is -0.118. The third-order valence-corrected chi connectivity index (χ3v) is 2.84. The predicted octanol–water partition coefficient (Wildman–Crippen LogP) is 2.65. The molecule has 0 fully saturated rings. The topological polar surface area (TPSA) is 29.5 Å². The summed E-state index contributed by atoms with van der Waals surface area (Å²) < 4.78 is 5.38.